The Morgan fingerprint density at radius 1 is 1.31 bits per heavy atom. The number of hydrogen-bond acceptors (Lipinski definition) is 8. The van der Waals surface area contributed by atoms with Crippen molar-refractivity contribution in [2.24, 2.45) is 0 Å². The van der Waals surface area contributed by atoms with Gasteiger partial charge in [0.05, 0.1) is 6.61 Å². The second kappa shape index (κ2) is 9.07. The van der Waals surface area contributed by atoms with Crippen LogP contribution in [0.4, 0.5) is 0 Å². The van der Waals surface area contributed by atoms with Crippen LogP contribution in [0.3, 0.4) is 0 Å². The Hall–Kier alpha value is -2.03. The number of aliphatic hydroxyl groups excluding tert-OH is 1. The number of rotatable bonds is 7. The molecule has 1 fully saturated rings. The Balaban J connectivity index is 1.60. The first-order chi connectivity index (χ1) is 12.7. The summed E-state index contributed by atoms with van der Waals surface area (Å²) in [5.74, 6) is 0.561. The molecule has 26 heavy (non-hydrogen) atoms. The molecular formula is C18H23N3O4S. The highest BCUT2D eigenvalue weighted by Crippen LogP contribution is 2.32. The zero-order valence-electron chi connectivity index (χ0n) is 14.7. The first kappa shape index (κ1) is 18.8. The molecule has 140 valence electrons. The SMILES string of the molecule is CCOC(=O)COc1ccc(C(O)c2nnc(C3CCNCC3)s2)cc1. The summed E-state index contributed by atoms with van der Waals surface area (Å²) in [6, 6.07) is 6.95. The molecule has 1 aliphatic rings. The number of benzene rings is 1. The normalized spacial score (nSPS) is 16.2. The van der Waals surface area contributed by atoms with Crippen LogP contribution in [0.15, 0.2) is 24.3 Å². The van der Waals surface area contributed by atoms with Gasteiger partial charge < -0.3 is 19.9 Å². The Morgan fingerprint density at radius 2 is 2.04 bits per heavy atom. The van der Waals surface area contributed by atoms with Gasteiger partial charge in [-0.2, -0.15) is 0 Å². The number of aromatic nitrogens is 2. The molecule has 0 bridgehead atoms. The van der Waals surface area contributed by atoms with Crippen molar-refractivity contribution >= 4 is 17.3 Å². The molecule has 0 amide bonds. The van der Waals surface area contributed by atoms with Crippen LogP contribution in [0.2, 0.25) is 0 Å². The maximum absolute atomic E-state index is 11.3. The number of ether oxygens (including phenoxy) is 2. The van der Waals surface area contributed by atoms with Crippen molar-refractivity contribution in [2.75, 3.05) is 26.3 Å². The molecule has 1 aromatic heterocycles. The minimum atomic E-state index is -0.818. The third-order valence-corrected chi connectivity index (χ3v) is 5.37. The Morgan fingerprint density at radius 3 is 2.73 bits per heavy atom. The Labute approximate surface area is 156 Å². The quantitative estimate of drug-likeness (QED) is 0.713. The molecule has 2 N–H and O–H groups in total. The van der Waals surface area contributed by atoms with Crippen LogP contribution in [0.5, 0.6) is 5.75 Å². The number of carbonyl (C=O) groups excluding carboxylic acids is 1. The summed E-state index contributed by atoms with van der Waals surface area (Å²) >= 11 is 1.47. The molecule has 2 aromatic rings. The predicted molar refractivity (Wildman–Crippen MR) is 97.4 cm³/mol. The van der Waals surface area contributed by atoms with Gasteiger partial charge in [0.2, 0.25) is 0 Å². The van der Waals surface area contributed by atoms with Crippen molar-refractivity contribution in [3.63, 3.8) is 0 Å². The summed E-state index contributed by atoms with van der Waals surface area (Å²) in [5.41, 5.74) is 0.710. The fourth-order valence-corrected chi connectivity index (χ4v) is 3.85. The van der Waals surface area contributed by atoms with E-state index in [2.05, 4.69) is 15.5 Å². The number of esters is 1. The first-order valence-electron chi connectivity index (χ1n) is 8.78. The lowest BCUT2D eigenvalue weighted by Crippen LogP contribution is -2.26. The van der Waals surface area contributed by atoms with Crippen molar-refractivity contribution in [2.45, 2.75) is 31.8 Å². The molecule has 0 aliphatic carbocycles. The number of nitrogens with one attached hydrogen (secondary N) is 1. The molecule has 0 radical (unpaired) electrons. The predicted octanol–water partition coefficient (Wildman–Crippen LogP) is 2.03. The molecule has 1 atom stereocenters. The van der Waals surface area contributed by atoms with E-state index in [9.17, 15) is 9.90 Å². The fourth-order valence-electron chi connectivity index (χ4n) is 2.82. The second-order valence-electron chi connectivity index (χ2n) is 6.07. The average Bonchev–Trinajstić information content (AvgIpc) is 3.17. The van der Waals surface area contributed by atoms with Gasteiger partial charge in [-0.3, -0.25) is 0 Å². The lowest BCUT2D eigenvalue weighted by Gasteiger charge is -2.19. The lowest BCUT2D eigenvalue weighted by atomic mass is 9.99. The summed E-state index contributed by atoms with van der Waals surface area (Å²) in [6.07, 6.45) is 1.29. The van der Waals surface area contributed by atoms with Crippen molar-refractivity contribution in [1.29, 1.82) is 0 Å². The lowest BCUT2D eigenvalue weighted by molar-refractivity contribution is -0.145. The highest BCUT2D eigenvalue weighted by atomic mass is 32.1. The van der Waals surface area contributed by atoms with Gasteiger partial charge in [0, 0.05) is 5.92 Å². The van der Waals surface area contributed by atoms with Crippen molar-refractivity contribution in [3.8, 4) is 5.75 Å². The third-order valence-electron chi connectivity index (χ3n) is 4.24. The van der Waals surface area contributed by atoms with Gasteiger partial charge in [-0.25, -0.2) is 4.79 Å². The van der Waals surface area contributed by atoms with Gasteiger partial charge in [-0.05, 0) is 50.6 Å². The standard InChI is InChI=1S/C18H23N3O4S/c1-2-24-15(22)11-25-14-5-3-12(4-6-14)16(23)18-21-20-17(26-18)13-7-9-19-10-8-13/h3-6,13,16,19,23H,2,7-11H2,1H3. The topological polar surface area (TPSA) is 93.6 Å². The van der Waals surface area contributed by atoms with Crippen molar-refractivity contribution < 1.29 is 19.4 Å². The van der Waals surface area contributed by atoms with Gasteiger partial charge in [-0.15, -0.1) is 10.2 Å². The number of hydrogen-bond donors (Lipinski definition) is 2. The largest absolute Gasteiger partial charge is 0.482 e. The number of piperidine rings is 1. The maximum atomic E-state index is 11.3. The van der Waals surface area contributed by atoms with E-state index in [4.69, 9.17) is 9.47 Å². The smallest absolute Gasteiger partial charge is 0.344 e. The monoisotopic (exact) mass is 377 g/mol. The minimum absolute atomic E-state index is 0.133. The summed E-state index contributed by atoms with van der Waals surface area (Å²) < 4.78 is 10.2. The van der Waals surface area contributed by atoms with E-state index in [0.29, 0.717) is 28.8 Å². The van der Waals surface area contributed by atoms with Gasteiger partial charge in [0.1, 0.15) is 16.9 Å². The molecule has 8 heteroatoms. The summed E-state index contributed by atoms with van der Waals surface area (Å²) in [7, 11) is 0. The van der Waals surface area contributed by atoms with E-state index in [1.54, 1.807) is 31.2 Å². The molecule has 7 nitrogen and oxygen atoms in total. The van der Waals surface area contributed by atoms with Gasteiger partial charge in [0.25, 0.3) is 0 Å². The van der Waals surface area contributed by atoms with Crippen LogP contribution in [-0.4, -0.2) is 47.6 Å². The molecule has 3 rings (SSSR count). The Kier molecular flexibility index (Phi) is 6.54. The third kappa shape index (κ3) is 4.78. The molecule has 2 heterocycles. The number of aliphatic hydroxyl groups is 1. The Bertz CT molecular complexity index is 713. The number of nitrogens with zero attached hydrogens (tertiary/aromatic N) is 2. The summed E-state index contributed by atoms with van der Waals surface area (Å²) in [5, 5.41) is 23.9. The molecular weight excluding hydrogens is 354 g/mol. The summed E-state index contributed by atoms with van der Waals surface area (Å²) in [6.45, 7) is 3.93. The molecule has 1 aromatic carbocycles. The van der Waals surface area contributed by atoms with Crippen LogP contribution in [0, 0.1) is 0 Å². The highest BCUT2D eigenvalue weighted by molar-refractivity contribution is 7.11. The van der Waals surface area contributed by atoms with Crippen molar-refractivity contribution in [3.05, 3.63) is 39.8 Å². The van der Waals surface area contributed by atoms with Crippen LogP contribution < -0.4 is 10.1 Å². The second-order valence-corrected chi connectivity index (χ2v) is 7.11. The molecule has 1 saturated heterocycles. The van der Waals surface area contributed by atoms with Crippen LogP contribution in [0.25, 0.3) is 0 Å². The zero-order chi connectivity index (χ0) is 18.4. The molecule has 1 aliphatic heterocycles. The van der Waals surface area contributed by atoms with E-state index in [1.807, 2.05) is 0 Å². The minimum Gasteiger partial charge on any atom is -0.482 e. The maximum Gasteiger partial charge on any atom is 0.344 e. The molecule has 0 saturated carbocycles. The number of carbonyl (C=O) groups is 1. The van der Waals surface area contributed by atoms with Crippen LogP contribution in [-0.2, 0) is 9.53 Å². The molecule has 1 unspecified atom stereocenters. The van der Waals surface area contributed by atoms with Crippen LogP contribution >= 0.6 is 11.3 Å². The van der Waals surface area contributed by atoms with E-state index in [-0.39, 0.29) is 6.61 Å². The van der Waals surface area contributed by atoms with E-state index in [0.717, 1.165) is 30.9 Å². The average molecular weight is 377 g/mol. The fraction of sp³-hybridized carbons (Fsp3) is 0.500. The van der Waals surface area contributed by atoms with Crippen molar-refractivity contribution in [1.82, 2.24) is 15.5 Å². The van der Waals surface area contributed by atoms with Crippen LogP contribution in [0.1, 0.15) is 47.4 Å². The first-order valence-corrected chi connectivity index (χ1v) is 9.59. The highest BCUT2D eigenvalue weighted by Gasteiger charge is 2.22. The van der Waals surface area contributed by atoms with Gasteiger partial charge in [0.15, 0.2) is 11.6 Å². The van der Waals surface area contributed by atoms with Gasteiger partial charge in [-0.1, -0.05) is 23.5 Å². The summed E-state index contributed by atoms with van der Waals surface area (Å²) in [4.78, 5) is 11.3. The zero-order valence-corrected chi connectivity index (χ0v) is 15.5. The van der Waals surface area contributed by atoms with E-state index in [1.165, 1.54) is 11.3 Å². The van der Waals surface area contributed by atoms with Gasteiger partial charge >= 0.3 is 5.97 Å². The van der Waals surface area contributed by atoms with E-state index >= 15 is 0 Å². The molecule has 0 spiro atoms. The van der Waals surface area contributed by atoms with E-state index < -0.39 is 12.1 Å².